The van der Waals surface area contributed by atoms with Gasteiger partial charge >= 0.3 is 6.01 Å². The van der Waals surface area contributed by atoms with Crippen molar-refractivity contribution in [1.29, 1.82) is 0 Å². The normalized spacial score (nSPS) is 18.8. The summed E-state index contributed by atoms with van der Waals surface area (Å²) in [4.78, 5) is 14.2. The van der Waals surface area contributed by atoms with Gasteiger partial charge in [0.2, 0.25) is 0 Å². The number of aromatic hydroxyl groups is 1. The van der Waals surface area contributed by atoms with E-state index in [1.165, 1.54) is 24.3 Å². The second-order valence-corrected chi connectivity index (χ2v) is 12.8. The monoisotopic (exact) mass is 657 g/mol. The highest BCUT2D eigenvalue weighted by molar-refractivity contribution is 6.04. The molecule has 4 aromatic rings. The standard InChI is InChI=1S/C36H39F2N5O3.C2H6/c1-2-26-30(37)11-8-23-19-25(45)20-29(31(23)26)27-9-10-28-33(32(27)38)40-35(46-22-36-12-5-15-43(36)16-6-13-36)41-34(28)42-17-14-39-24(21-42)7-3-4-18-44;1-2/h1,8-11,19-20,24,39,44-45H,3-7,12-18,21-22H2;1-2H3. The van der Waals surface area contributed by atoms with Crippen LogP contribution in [0.15, 0.2) is 36.4 Å². The number of aliphatic hydroxyl groups excluding tert-OH is 1. The Kier molecular flexibility index (Phi) is 10.3. The summed E-state index contributed by atoms with van der Waals surface area (Å²) >= 11 is 0. The third-order valence-corrected chi connectivity index (χ3v) is 10.0. The number of terminal acetylenes is 1. The highest BCUT2D eigenvalue weighted by atomic mass is 19.1. The minimum absolute atomic E-state index is 0.00406. The van der Waals surface area contributed by atoms with Gasteiger partial charge in [0.25, 0.3) is 0 Å². The van der Waals surface area contributed by atoms with Crippen LogP contribution in [0.25, 0.3) is 32.8 Å². The molecule has 1 unspecified atom stereocenters. The van der Waals surface area contributed by atoms with Crippen LogP contribution in [0.5, 0.6) is 11.8 Å². The smallest absolute Gasteiger partial charge is 0.319 e. The Bertz CT molecular complexity index is 1820. The van der Waals surface area contributed by atoms with Crippen molar-refractivity contribution in [3.8, 4) is 35.2 Å². The van der Waals surface area contributed by atoms with E-state index in [-0.39, 0.29) is 52.2 Å². The summed E-state index contributed by atoms with van der Waals surface area (Å²) in [6.07, 6.45) is 12.6. The number of hydrogen-bond acceptors (Lipinski definition) is 8. The minimum atomic E-state index is -0.624. The Hall–Kier alpha value is -4.04. The number of ether oxygens (including phenoxy) is 1. The summed E-state index contributed by atoms with van der Waals surface area (Å²) in [6.45, 7) is 8.79. The molecule has 3 aliphatic rings. The van der Waals surface area contributed by atoms with Gasteiger partial charge in [-0.15, -0.1) is 6.42 Å². The Morgan fingerprint density at radius 3 is 2.58 bits per heavy atom. The molecule has 0 spiro atoms. The van der Waals surface area contributed by atoms with Crippen molar-refractivity contribution in [3.63, 3.8) is 0 Å². The average molecular weight is 658 g/mol. The van der Waals surface area contributed by atoms with Gasteiger partial charge in [-0.25, -0.2) is 8.78 Å². The van der Waals surface area contributed by atoms with Crippen LogP contribution in [0, 0.1) is 24.0 Å². The van der Waals surface area contributed by atoms with Crippen LogP contribution in [0.4, 0.5) is 14.6 Å². The lowest BCUT2D eigenvalue weighted by Gasteiger charge is -2.35. The quantitative estimate of drug-likeness (QED) is 0.141. The van der Waals surface area contributed by atoms with E-state index in [4.69, 9.17) is 16.1 Å². The fourth-order valence-electron chi connectivity index (χ4n) is 7.79. The molecule has 0 bridgehead atoms. The Balaban J connectivity index is 0.00000197. The van der Waals surface area contributed by atoms with Crippen molar-refractivity contribution in [3.05, 3.63) is 53.6 Å². The molecule has 7 rings (SSSR count). The van der Waals surface area contributed by atoms with Gasteiger partial charge in [0.05, 0.1) is 11.1 Å². The number of anilines is 1. The summed E-state index contributed by atoms with van der Waals surface area (Å²) < 4.78 is 38.1. The zero-order valence-corrected chi connectivity index (χ0v) is 27.9. The molecule has 10 heteroatoms. The van der Waals surface area contributed by atoms with Crippen LogP contribution in [0.3, 0.4) is 0 Å². The van der Waals surface area contributed by atoms with Gasteiger partial charge < -0.3 is 25.2 Å². The first-order valence-corrected chi connectivity index (χ1v) is 17.3. The lowest BCUT2D eigenvalue weighted by Crippen LogP contribution is -2.51. The number of aromatic nitrogens is 2. The van der Waals surface area contributed by atoms with Gasteiger partial charge in [-0.3, -0.25) is 4.90 Å². The SMILES string of the molecule is C#Cc1c(F)ccc2cc(O)cc(-c3ccc4c(N5CCNC(CCCCO)C5)nc(OCC56CCCN5CCC6)nc4c3F)c12.CC. The largest absolute Gasteiger partial charge is 0.508 e. The number of phenols is 1. The second-order valence-electron chi connectivity index (χ2n) is 12.8. The summed E-state index contributed by atoms with van der Waals surface area (Å²) in [5.74, 6) is 1.71. The number of aliphatic hydroxyl groups is 1. The average Bonchev–Trinajstić information content (AvgIpc) is 3.69. The summed E-state index contributed by atoms with van der Waals surface area (Å²) in [7, 11) is 0. The first-order chi connectivity index (χ1) is 23.4. The van der Waals surface area contributed by atoms with E-state index in [0.29, 0.717) is 41.7 Å². The lowest BCUT2D eigenvalue weighted by atomic mass is 9.93. The molecule has 0 amide bonds. The number of benzene rings is 3. The van der Waals surface area contributed by atoms with E-state index in [0.717, 1.165) is 64.6 Å². The van der Waals surface area contributed by atoms with E-state index in [9.17, 15) is 14.6 Å². The Morgan fingerprint density at radius 1 is 1.04 bits per heavy atom. The second kappa shape index (κ2) is 14.6. The molecule has 3 saturated heterocycles. The summed E-state index contributed by atoms with van der Waals surface area (Å²) in [5.41, 5.74) is 0.480. The number of hydrogen-bond donors (Lipinski definition) is 3. The molecule has 3 aromatic carbocycles. The van der Waals surface area contributed by atoms with Gasteiger partial charge in [0.1, 0.15) is 29.5 Å². The number of phenolic OH excluding ortho intramolecular Hbond substituents is 1. The third-order valence-electron chi connectivity index (χ3n) is 10.0. The predicted octanol–water partition coefficient (Wildman–Crippen LogP) is 6.39. The zero-order chi connectivity index (χ0) is 33.8. The van der Waals surface area contributed by atoms with Crippen LogP contribution in [-0.2, 0) is 0 Å². The highest BCUT2D eigenvalue weighted by Crippen LogP contribution is 2.41. The zero-order valence-electron chi connectivity index (χ0n) is 27.9. The van der Waals surface area contributed by atoms with E-state index >= 15 is 4.39 Å². The molecule has 8 nitrogen and oxygen atoms in total. The predicted molar refractivity (Wildman–Crippen MR) is 187 cm³/mol. The molecule has 0 saturated carbocycles. The number of piperazine rings is 1. The molecule has 1 atom stereocenters. The van der Waals surface area contributed by atoms with Gasteiger partial charge in [0, 0.05) is 48.6 Å². The molecule has 3 N–H and O–H groups in total. The lowest BCUT2D eigenvalue weighted by molar-refractivity contribution is 0.108. The van der Waals surface area contributed by atoms with Gasteiger partial charge in [-0.05, 0) is 93.3 Å². The number of nitrogens with zero attached hydrogens (tertiary/aromatic N) is 4. The molecular formula is C38H45F2N5O3. The van der Waals surface area contributed by atoms with Gasteiger partial charge in [0.15, 0.2) is 5.82 Å². The maximum Gasteiger partial charge on any atom is 0.319 e. The topological polar surface area (TPSA) is 94.0 Å². The van der Waals surface area contributed by atoms with Crippen molar-refractivity contribution in [1.82, 2.24) is 20.2 Å². The van der Waals surface area contributed by atoms with Crippen molar-refractivity contribution < 1.29 is 23.7 Å². The summed E-state index contributed by atoms with van der Waals surface area (Å²) in [6, 6.07) is 9.40. The van der Waals surface area contributed by atoms with Crippen molar-refractivity contribution in [2.45, 2.75) is 70.4 Å². The van der Waals surface area contributed by atoms with Crippen molar-refractivity contribution >= 4 is 27.5 Å². The fourth-order valence-corrected chi connectivity index (χ4v) is 7.79. The fraction of sp³-hybridized carbons (Fsp3) is 0.474. The molecule has 0 radical (unpaired) electrons. The molecule has 4 heterocycles. The number of rotatable bonds is 9. The molecule has 3 fully saturated rings. The molecular weight excluding hydrogens is 612 g/mol. The van der Waals surface area contributed by atoms with E-state index < -0.39 is 11.6 Å². The Morgan fingerprint density at radius 2 is 1.83 bits per heavy atom. The molecule has 3 aliphatic heterocycles. The van der Waals surface area contributed by atoms with Crippen molar-refractivity contribution in [2.24, 2.45) is 0 Å². The maximum absolute atomic E-state index is 16.9. The van der Waals surface area contributed by atoms with Crippen LogP contribution in [0.2, 0.25) is 0 Å². The Labute approximate surface area is 281 Å². The van der Waals surface area contributed by atoms with Crippen LogP contribution >= 0.6 is 0 Å². The number of fused-ring (bicyclic) bond motifs is 3. The van der Waals surface area contributed by atoms with Crippen LogP contribution in [0.1, 0.15) is 64.4 Å². The highest BCUT2D eigenvalue weighted by Gasteiger charge is 2.45. The van der Waals surface area contributed by atoms with E-state index in [1.807, 2.05) is 13.8 Å². The molecule has 0 aliphatic carbocycles. The van der Waals surface area contributed by atoms with Gasteiger partial charge in [-0.2, -0.15) is 9.97 Å². The third kappa shape index (κ3) is 6.39. The number of unbranched alkanes of at least 4 members (excludes halogenated alkanes) is 1. The van der Waals surface area contributed by atoms with E-state index in [1.54, 1.807) is 12.1 Å². The molecule has 254 valence electrons. The van der Waals surface area contributed by atoms with Crippen LogP contribution < -0.4 is 15.0 Å². The molecule has 48 heavy (non-hydrogen) atoms. The van der Waals surface area contributed by atoms with E-state index in [2.05, 4.69) is 26.0 Å². The van der Waals surface area contributed by atoms with Crippen molar-refractivity contribution in [2.75, 3.05) is 50.8 Å². The molecule has 1 aromatic heterocycles. The van der Waals surface area contributed by atoms with Crippen LogP contribution in [-0.4, -0.2) is 82.6 Å². The maximum atomic E-state index is 16.9. The summed E-state index contributed by atoms with van der Waals surface area (Å²) in [5, 5.41) is 24.8. The minimum Gasteiger partial charge on any atom is -0.508 e. The van der Waals surface area contributed by atoms with Gasteiger partial charge in [-0.1, -0.05) is 31.9 Å². The first kappa shape index (κ1) is 33.8. The number of halogens is 2. The first-order valence-electron chi connectivity index (χ1n) is 17.3. The number of nitrogens with one attached hydrogen (secondary N) is 1.